The number of halogens is 1. The molecule has 0 radical (unpaired) electrons. The van der Waals surface area contributed by atoms with Gasteiger partial charge >= 0.3 is 0 Å². The van der Waals surface area contributed by atoms with Crippen LogP contribution in [0.25, 0.3) is 0 Å². The van der Waals surface area contributed by atoms with Gasteiger partial charge in [-0.2, -0.15) is 0 Å². The number of nitrogens with two attached hydrogens (primary N) is 1. The summed E-state index contributed by atoms with van der Waals surface area (Å²) in [4.78, 5) is 40.6. The van der Waals surface area contributed by atoms with Gasteiger partial charge < -0.3 is 30.6 Å². The minimum atomic E-state index is -2.85. The Balaban J connectivity index is 1.25. The van der Waals surface area contributed by atoms with Gasteiger partial charge in [-0.05, 0) is 79.7 Å². The normalized spacial score (nSPS) is 22.2. The molecule has 2 aliphatic heterocycles. The minimum Gasteiger partial charge on any atom is -0.432 e. The molecule has 5 N–H and O–H groups in total. The molecule has 1 fully saturated rings. The number of ether oxygens (including phenoxy) is 1. The number of anilines is 3. The summed E-state index contributed by atoms with van der Waals surface area (Å²) in [5.74, 6) is -0.776. The second kappa shape index (κ2) is 12.9. The highest BCUT2D eigenvalue weighted by atomic mass is 35.5. The summed E-state index contributed by atoms with van der Waals surface area (Å²) in [5.41, 5.74) is 8.85. The molecule has 11 nitrogen and oxygen atoms in total. The predicted octanol–water partition coefficient (Wildman–Crippen LogP) is 4.74. The molecule has 6 rings (SSSR count). The van der Waals surface area contributed by atoms with E-state index in [-0.39, 0.29) is 36.4 Å². The van der Waals surface area contributed by atoms with E-state index in [1.807, 2.05) is 44.3 Å². The van der Waals surface area contributed by atoms with Crippen LogP contribution in [-0.4, -0.2) is 57.7 Å². The van der Waals surface area contributed by atoms with Crippen LogP contribution in [0.5, 0.6) is 0 Å². The first-order chi connectivity index (χ1) is 22.4. The van der Waals surface area contributed by atoms with E-state index in [0.29, 0.717) is 58.3 Å². The lowest BCUT2D eigenvalue weighted by molar-refractivity contribution is -0.146. The average molecular weight is 675 g/mol. The highest BCUT2D eigenvalue weighted by Gasteiger charge is 2.66. The monoisotopic (exact) mass is 674 g/mol. The summed E-state index contributed by atoms with van der Waals surface area (Å²) in [6.45, 7) is 6.52. The van der Waals surface area contributed by atoms with Gasteiger partial charge in [0, 0.05) is 64.8 Å². The maximum absolute atomic E-state index is 14.6. The summed E-state index contributed by atoms with van der Waals surface area (Å²) >= 11 is 6.53. The van der Waals surface area contributed by atoms with Crippen molar-refractivity contribution in [3.8, 4) is 0 Å². The Hall–Kier alpha value is -4.07. The summed E-state index contributed by atoms with van der Waals surface area (Å²) in [7, 11) is -2.85. The first-order valence-electron chi connectivity index (χ1n) is 15.7. The van der Waals surface area contributed by atoms with Gasteiger partial charge in [-0.3, -0.25) is 14.3 Å². The van der Waals surface area contributed by atoms with E-state index in [9.17, 15) is 19.5 Å². The first kappa shape index (κ1) is 32.9. The zero-order valence-corrected chi connectivity index (χ0v) is 28.3. The number of aliphatic hydroxyl groups is 1. The number of carbonyl (C=O) groups excluding carboxylic acids is 2. The van der Waals surface area contributed by atoms with Gasteiger partial charge in [0.25, 0.3) is 11.8 Å². The molecule has 2 amide bonds. The molecule has 4 aromatic rings. The fourth-order valence-corrected chi connectivity index (χ4v) is 9.90. The van der Waals surface area contributed by atoms with Crippen molar-refractivity contribution in [3.63, 3.8) is 0 Å². The number of nitrogens with one attached hydrogen (secondary N) is 1. The van der Waals surface area contributed by atoms with E-state index >= 15 is 0 Å². The molecule has 13 heteroatoms. The number of nitrogen functional groups attached to an aromatic ring is 1. The fourth-order valence-electron chi connectivity index (χ4n) is 7.13. The maximum Gasteiger partial charge on any atom is 0.264 e. The SMILES string of the molecule is C[C@H]1[C@H]([Si](C)(C)O)[C@@H](CCn2cc(CCO)nn2)O[C@]12C(=O)N(Cc1ccc(NC(=O)c3ccc(N)cc3)cc1)c1ccc(Cl)cc12. The summed E-state index contributed by atoms with van der Waals surface area (Å²) < 4.78 is 8.59. The van der Waals surface area contributed by atoms with E-state index in [0.717, 1.165) is 5.56 Å². The highest BCUT2D eigenvalue weighted by molar-refractivity contribution is 6.71. The zero-order chi connectivity index (χ0) is 33.5. The number of amides is 2. The first-order valence-corrected chi connectivity index (χ1v) is 19.1. The van der Waals surface area contributed by atoms with Crippen molar-refractivity contribution in [2.24, 2.45) is 5.92 Å². The molecule has 4 atom stereocenters. The Labute approximate surface area is 279 Å². The molecule has 0 unspecified atom stereocenters. The largest absolute Gasteiger partial charge is 0.432 e. The van der Waals surface area contributed by atoms with Crippen molar-refractivity contribution >= 4 is 48.8 Å². The number of benzene rings is 3. The number of aromatic nitrogens is 3. The fraction of sp³-hybridized carbons (Fsp3) is 0.353. The number of aryl methyl sites for hydroxylation is 1. The van der Waals surface area contributed by atoms with Crippen molar-refractivity contribution in [1.82, 2.24) is 15.0 Å². The molecule has 1 spiro atoms. The Morgan fingerprint density at radius 1 is 1.13 bits per heavy atom. The number of hydrogen-bond donors (Lipinski definition) is 4. The van der Waals surface area contributed by atoms with E-state index in [2.05, 4.69) is 15.6 Å². The summed E-state index contributed by atoms with van der Waals surface area (Å²) in [6, 6.07) is 19.5. The molecule has 0 saturated carbocycles. The third kappa shape index (κ3) is 6.31. The Bertz CT molecular complexity index is 1780. The van der Waals surface area contributed by atoms with Crippen molar-refractivity contribution in [3.05, 3.63) is 100 Å². The lowest BCUT2D eigenvalue weighted by atomic mass is 9.82. The Morgan fingerprint density at radius 3 is 2.53 bits per heavy atom. The van der Waals surface area contributed by atoms with Gasteiger partial charge in [0.2, 0.25) is 0 Å². The molecule has 3 aromatic carbocycles. The molecule has 47 heavy (non-hydrogen) atoms. The van der Waals surface area contributed by atoms with Crippen molar-refractivity contribution in [2.45, 2.75) is 63.2 Å². The van der Waals surface area contributed by atoms with Crippen LogP contribution in [0.1, 0.15) is 40.5 Å². The number of rotatable bonds is 10. The van der Waals surface area contributed by atoms with Crippen LogP contribution in [-0.2, 0) is 34.6 Å². The second-order valence-corrected chi connectivity index (χ2v) is 17.3. The number of carbonyl (C=O) groups is 2. The quantitative estimate of drug-likeness (QED) is 0.139. The molecule has 2 aliphatic rings. The van der Waals surface area contributed by atoms with Crippen LogP contribution in [0.4, 0.5) is 17.1 Å². The van der Waals surface area contributed by atoms with Gasteiger partial charge in [-0.15, -0.1) is 5.10 Å². The van der Waals surface area contributed by atoms with Crippen LogP contribution >= 0.6 is 11.6 Å². The van der Waals surface area contributed by atoms with Gasteiger partial charge in [0.1, 0.15) is 0 Å². The standard InChI is InChI=1S/C34H39ClN6O5Si/c1-21-31(47(2,3)45)30(14-16-40-20-27(15-17-42)38-39-40)46-34(21)28-18-24(35)8-13-29(28)41(33(34)44)19-22-4-11-26(12-5-22)37-32(43)23-6-9-25(36)10-7-23/h4-13,18,20-21,30-31,42,45H,14-17,19,36H2,1-3H3,(H,37,43)/t21-,30+,31-,34+/m0/s1. The van der Waals surface area contributed by atoms with Gasteiger partial charge in [0.05, 0.1) is 24.0 Å². The smallest absolute Gasteiger partial charge is 0.264 e. The van der Waals surface area contributed by atoms with Crippen LogP contribution in [0.3, 0.4) is 0 Å². The number of aliphatic hydroxyl groups excluding tert-OH is 1. The van der Waals surface area contributed by atoms with Crippen LogP contribution in [0, 0.1) is 5.92 Å². The van der Waals surface area contributed by atoms with E-state index in [4.69, 9.17) is 22.1 Å². The predicted molar refractivity (Wildman–Crippen MR) is 182 cm³/mol. The molecule has 0 bridgehead atoms. The van der Waals surface area contributed by atoms with Gasteiger partial charge in [-0.25, -0.2) is 0 Å². The molecule has 1 aromatic heterocycles. The minimum absolute atomic E-state index is 0.0113. The molecule has 3 heterocycles. The average Bonchev–Trinajstić information content (AvgIpc) is 3.67. The third-order valence-electron chi connectivity index (χ3n) is 9.27. The molecular weight excluding hydrogens is 636 g/mol. The number of nitrogens with zero attached hydrogens (tertiary/aromatic N) is 4. The van der Waals surface area contributed by atoms with E-state index in [1.165, 1.54) is 0 Å². The summed E-state index contributed by atoms with van der Waals surface area (Å²) in [6.07, 6.45) is 2.32. The van der Waals surface area contributed by atoms with Crippen molar-refractivity contribution in [1.29, 1.82) is 0 Å². The second-order valence-electron chi connectivity index (χ2n) is 12.9. The lowest BCUT2D eigenvalue weighted by Gasteiger charge is -2.32. The van der Waals surface area contributed by atoms with Crippen LogP contribution < -0.4 is 16.0 Å². The number of hydrogen-bond acceptors (Lipinski definition) is 8. The van der Waals surface area contributed by atoms with Crippen molar-refractivity contribution < 1.29 is 24.2 Å². The number of fused-ring (bicyclic) bond motifs is 2. The molecule has 0 aliphatic carbocycles. The topological polar surface area (TPSA) is 156 Å². The van der Waals surface area contributed by atoms with Crippen LogP contribution in [0.15, 0.2) is 72.9 Å². The molecule has 246 valence electrons. The lowest BCUT2D eigenvalue weighted by Crippen LogP contribution is -2.46. The summed E-state index contributed by atoms with van der Waals surface area (Å²) in [5, 5.41) is 20.9. The zero-order valence-electron chi connectivity index (χ0n) is 26.6. The van der Waals surface area contributed by atoms with Gasteiger partial charge in [-0.1, -0.05) is 35.9 Å². The van der Waals surface area contributed by atoms with E-state index < -0.39 is 20.0 Å². The molecular formula is C34H39ClN6O5Si. The highest BCUT2D eigenvalue weighted by Crippen LogP contribution is 2.60. The van der Waals surface area contributed by atoms with Crippen LogP contribution in [0.2, 0.25) is 23.7 Å². The molecule has 1 saturated heterocycles. The Kier molecular flexibility index (Phi) is 8.98. The third-order valence-corrected chi connectivity index (χ3v) is 12.0. The van der Waals surface area contributed by atoms with Gasteiger partial charge in [0.15, 0.2) is 13.9 Å². The van der Waals surface area contributed by atoms with Crippen molar-refractivity contribution in [2.75, 3.05) is 22.6 Å². The maximum atomic E-state index is 14.6. The Morgan fingerprint density at radius 2 is 1.85 bits per heavy atom. The van der Waals surface area contributed by atoms with E-state index in [1.54, 1.807) is 58.2 Å².